The molecule has 0 saturated carbocycles. The number of H-pyrrole nitrogens is 1. The van der Waals surface area contributed by atoms with Gasteiger partial charge >= 0.3 is 6.23 Å². The normalized spacial score (nSPS) is 19.0. The van der Waals surface area contributed by atoms with Crippen LogP contribution in [0, 0.1) is 10.1 Å². The second-order valence-corrected chi connectivity index (χ2v) is 5.26. The van der Waals surface area contributed by atoms with E-state index in [1.807, 2.05) is 0 Å². The Bertz CT molecular complexity index is 853. The number of methoxy groups -OCH3 is 1. The van der Waals surface area contributed by atoms with Crippen LogP contribution >= 0.6 is 11.6 Å². The summed E-state index contributed by atoms with van der Waals surface area (Å²) in [5, 5.41) is 11.7. The van der Waals surface area contributed by atoms with Crippen molar-refractivity contribution < 1.29 is 14.4 Å². The molecule has 1 aromatic carbocycles. The van der Waals surface area contributed by atoms with Gasteiger partial charge in [0.15, 0.2) is 0 Å². The number of hydrogen-bond acceptors (Lipinski definition) is 7. The molecule has 1 aromatic heterocycles. The first-order chi connectivity index (χ1) is 10.9. The third-order valence-corrected chi connectivity index (χ3v) is 3.74. The molecule has 1 aliphatic heterocycles. The Hall–Kier alpha value is -2.81. The number of nitrogen functional groups attached to an aromatic ring is 1. The Morgan fingerprint density at radius 3 is 2.91 bits per heavy atom. The summed E-state index contributed by atoms with van der Waals surface area (Å²) in [6.45, 7) is 0. The molecule has 0 amide bonds. The van der Waals surface area contributed by atoms with Crippen molar-refractivity contribution in [2.24, 2.45) is 0 Å². The molecule has 0 saturated heterocycles. The SMILES string of the molecule is COc1ccc(Cl)cc1[C@@H]1c2c(nc(N)[nH]c2=O)O[C@H]1[N+](=O)[O-]. The summed E-state index contributed by atoms with van der Waals surface area (Å²) in [5.41, 5.74) is 5.22. The number of nitrogens with two attached hydrogens (primary N) is 1. The van der Waals surface area contributed by atoms with E-state index < -0.39 is 22.6 Å². The van der Waals surface area contributed by atoms with Gasteiger partial charge in [0.05, 0.1) is 17.6 Å². The van der Waals surface area contributed by atoms with Gasteiger partial charge in [-0.2, -0.15) is 4.98 Å². The number of nitrogens with one attached hydrogen (secondary N) is 1. The lowest BCUT2D eigenvalue weighted by Crippen LogP contribution is -2.30. The molecule has 0 spiro atoms. The molecule has 0 unspecified atom stereocenters. The minimum absolute atomic E-state index is 0.0152. The smallest absolute Gasteiger partial charge is 0.366 e. The lowest BCUT2D eigenvalue weighted by atomic mass is 9.92. The Labute approximate surface area is 134 Å². The van der Waals surface area contributed by atoms with E-state index >= 15 is 0 Å². The molecule has 0 bridgehead atoms. The zero-order valence-electron chi connectivity index (χ0n) is 11.8. The Morgan fingerprint density at radius 1 is 1.52 bits per heavy atom. The van der Waals surface area contributed by atoms with Crippen LogP contribution in [-0.4, -0.2) is 28.2 Å². The molecule has 1 aliphatic rings. The van der Waals surface area contributed by atoms with Gasteiger partial charge in [-0.1, -0.05) is 11.6 Å². The number of rotatable bonds is 3. The number of nitrogens with zero attached hydrogens (tertiary/aromatic N) is 2. The molecular formula is C13H11ClN4O5. The van der Waals surface area contributed by atoms with Crippen molar-refractivity contribution in [3.63, 3.8) is 0 Å². The predicted molar refractivity (Wildman–Crippen MR) is 80.5 cm³/mol. The second kappa shape index (κ2) is 5.43. The van der Waals surface area contributed by atoms with Crippen molar-refractivity contribution in [3.8, 4) is 11.6 Å². The van der Waals surface area contributed by atoms with E-state index in [9.17, 15) is 14.9 Å². The summed E-state index contributed by atoms with van der Waals surface area (Å²) in [7, 11) is 1.41. The first-order valence-corrected chi connectivity index (χ1v) is 6.83. The molecule has 2 atom stereocenters. The summed E-state index contributed by atoms with van der Waals surface area (Å²) in [5.74, 6) is -1.03. The molecule has 23 heavy (non-hydrogen) atoms. The molecule has 0 aliphatic carbocycles. The third-order valence-electron chi connectivity index (χ3n) is 3.50. The summed E-state index contributed by atoms with van der Waals surface area (Å²) in [6.07, 6.45) is -1.53. The van der Waals surface area contributed by atoms with Crippen molar-refractivity contribution in [1.29, 1.82) is 0 Å². The molecule has 10 heteroatoms. The Morgan fingerprint density at radius 2 is 2.26 bits per heavy atom. The number of benzene rings is 1. The number of ether oxygens (including phenoxy) is 2. The third kappa shape index (κ3) is 2.44. The number of halogens is 1. The number of hydrogen-bond donors (Lipinski definition) is 2. The topological polar surface area (TPSA) is 133 Å². The average molecular weight is 339 g/mol. The van der Waals surface area contributed by atoms with E-state index in [1.165, 1.54) is 13.2 Å². The van der Waals surface area contributed by atoms with Crippen LogP contribution in [0.1, 0.15) is 17.0 Å². The maximum atomic E-state index is 12.2. The van der Waals surface area contributed by atoms with E-state index in [4.69, 9.17) is 26.8 Å². The first kappa shape index (κ1) is 15.1. The first-order valence-electron chi connectivity index (χ1n) is 6.45. The molecular weight excluding hydrogens is 328 g/mol. The quantitative estimate of drug-likeness (QED) is 0.633. The molecule has 3 N–H and O–H groups in total. The van der Waals surface area contributed by atoms with Crippen LogP contribution in [0.15, 0.2) is 23.0 Å². The average Bonchev–Trinajstić information content (AvgIpc) is 2.86. The lowest BCUT2D eigenvalue weighted by molar-refractivity contribution is -0.562. The maximum Gasteiger partial charge on any atom is 0.366 e. The summed E-state index contributed by atoms with van der Waals surface area (Å²) in [4.78, 5) is 29.1. The van der Waals surface area contributed by atoms with Crippen LogP contribution in [0.2, 0.25) is 5.02 Å². The number of aromatic amines is 1. The van der Waals surface area contributed by atoms with Crippen molar-refractivity contribution in [1.82, 2.24) is 9.97 Å². The highest BCUT2D eigenvalue weighted by Crippen LogP contribution is 2.43. The van der Waals surface area contributed by atoms with Gasteiger partial charge in [-0.25, -0.2) is 0 Å². The van der Waals surface area contributed by atoms with E-state index in [0.29, 0.717) is 16.3 Å². The standard InChI is InChI=1S/C13H11ClN4O5/c1-22-7-3-2-5(14)4-6(7)8-9-10(19)16-13(15)17-11(9)23-12(8)18(20)21/h2-4,8,12H,1H3,(H3,15,16,17,19)/t8-,12-/m1/s1. The fourth-order valence-electron chi connectivity index (χ4n) is 2.59. The minimum Gasteiger partial charge on any atom is -0.496 e. The van der Waals surface area contributed by atoms with E-state index in [-0.39, 0.29) is 17.4 Å². The van der Waals surface area contributed by atoms with Crippen LogP contribution in [-0.2, 0) is 0 Å². The van der Waals surface area contributed by atoms with Crippen molar-refractivity contribution in [3.05, 3.63) is 54.8 Å². The van der Waals surface area contributed by atoms with Crippen molar-refractivity contribution >= 4 is 17.5 Å². The van der Waals surface area contributed by atoms with Crippen molar-refractivity contribution in [2.45, 2.75) is 12.1 Å². The summed E-state index contributed by atoms with van der Waals surface area (Å²) in [6, 6.07) is 4.63. The number of anilines is 1. The fourth-order valence-corrected chi connectivity index (χ4v) is 2.77. The Balaban J connectivity index is 2.27. The number of fused-ring (bicyclic) bond motifs is 1. The summed E-state index contributed by atoms with van der Waals surface area (Å²) >= 11 is 5.98. The van der Waals surface area contributed by atoms with Gasteiger partial charge < -0.3 is 15.2 Å². The minimum atomic E-state index is -1.53. The molecule has 2 aromatic rings. The molecule has 0 radical (unpaired) electrons. The van der Waals surface area contributed by atoms with E-state index in [0.717, 1.165) is 0 Å². The second-order valence-electron chi connectivity index (χ2n) is 4.83. The van der Waals surface area contributed by atoms with Gasteiger partial charge in [0.1, 0.15) is 11.7 Å². The molecule has 3 rings (SSSR count). The van der Waals surface area contributed by atoms with E-state index in [2.05, 4.69) is 9.97 Å². The largest absolute Gasteiger partial charge is 0.496 e. The van der Waals surface area contributed by atoms with Crippen LogP contribution in [0.5, 0.6) is 11.6 Å². The van der Waals surface area contributed by atoms with Gasteiger partial charge in [0.25, 0.3) is 5.56 Å². The van der Waals surface area contributed by atoms with Crippen LogP contribution in [0.4, 0.5) is 5.95 Å². The highest BCUT2D eigenvalue weighted by atomic mass is 35.5. The monoisotopic (exact) mass is 338 g/mol. The van der Waals surface area contributed by atoms with Gasteiger partial charge in [0.2, 0.25) is 11.8 Å². The zero-order chi connectivity index (χ0) is 16.7. The van der Waals surface area contributed by atoms with Crippen LogP contribution < -0.4 is 20.8 Å². The van der Waals surface area contributed by atoms with Gasteiger partial charge in [0, 0.05) is 10.6 Å². The highest BCUT2D eigenvalue weighted by molar-refractivity contribution is 6.30. The van der Waals surface area contributed by atoms with Gasteiger partial charge in [-0.15, -0.1) is 0 Å². The van der Waals surface area contributed by atoms with Gasteiger partial charge in [-0.05, 0) is 18.2 Å². The summed E-state index contributed by atoms with van der Waals surface area (Å²) < 4.78 is 10.5. The predicted octanol–water partition coefficient (Wildman–Crippen LogP) is 1.14. The highest BCUT2D eigenvalue weighted by Gasteiger charge is 2.48. The zero-order valence-corrected chi connectivity index (χ0v) is 12.5. The lowest BCUT2D eigenvalue weighted by Gasteiger charge is -2.15. The molecule has 120 valence electrons. The number of nitro groups is 1. The number of aromatic nitrogens is 2. The van der Waals surface area contributed by atoms with Crippen LogP contribution in [0.3, 0.4) is 0 Å². The van der Waals surface area contributed by atoms with Crippen LogP contribution in [0.25, 0.3) is 0 Å². The van der Waals surface area contributed by atoms with Gasteiger partial charge in [-0.3, -0.25) is 19.9 Å². The van der Waals surface area contributed by atoms with Crippen molar-refractivity contribution in [2.75, 3.05) is 12.8 Å². The maximum absolute atomic E-state index is 12.2. The molecule has 0 fully saturated rings. The Kier molecular flexibility index (Phi) is 3.57. The van der Waals surface area contributed by atoms with E-state index in [1.54, 1.807) is 12.1 Å². The molecule has 2 heterocycles. The fraction of sp³-hybridized carbons (Fsp3) is 0.231. The molecule has 9 nitrogen and oxygen atoms in total.